The molecule has 3 N–H and O–H groups in total. The Labute approximate surface area is 188 Å². The van der Waals surface area contributed by atoms with Crippen molar-refractivity contribution >= 4 is 23.5 Å². The molecule has 1 aliphatic rings. The molecule has 5 rings (SSSR count). The zero-order valence-corrected chi connectivity index (χ0v) is 17.3. The first-order valence-electron chi connectivity index (χ1n) is 10.3. The SMILES string of the molecule is O=C(O)Nc1ccc(-c2ccnc(C(=O)Nc3cccc(-c4nncn4C4CC4)c3)c2)cn1. The maximum atomic E-state index is 12.9. The predicted molar refractivity (Wildman–Crippen MR) is 121 cm³/mol. The van der Waals surface area contributed by atoms with Gasteiger partial charge in [-0.1, -0.05) is 12.1 Å². The van der Waals surface area contributed by atoms with Gasteiger partial charge in [-0.2, -0.15) is 0 Å². The molecule has 10 heteroatoms. The lowest BCUT2D eigenvalue weighted by Crippen LogP contribution is -2.13. The number of pyridine rings is 2. The summed E-state index contributed by atoms with van der Waals surface area (Å²) in [5, 5.41) is 22.1. The van der Waals surface area contributed by atoms with Crippen LogP contribution in [0.3, 0.4) is 0 Å². The normalized spacial score (nSPS) is 12.8. The zero-order valence-electron chi connectivity index (χ0n) is 17.3. The lowest BCUT2D eigenvalue weighted by atomic mass is 10.1. The van der Waals surface area contributed by atoms with Crippen molar-refractivity contribution in [3.8, 4) is 22.5 Å². The van der Waals surface area contributed by atoms with Crippen LogP contribution in [0.1, 0.15) is 29.4 Å². The first-order valence-corrected chi connectivity index (χ1v) is 10.3. The number of nitrogens with zero attached hydrogens (tertiary/aromatic N) is 5. The van der Waals surface area contributed by atoms with E-state index in [0.29, 0.717) is 11.7 Å². The van der Waals surface area contributed by atoms with E-state index in [1.54, 1.807) is 42.9 Å². The number of carboxylic acid groups (broad SMARTS) is 1. The molecule has 3 heterocycles. The zero-order chi connectivity index (χ0) is 22.8. The molecule has 0 atom stereocenters. The Hall–Kier alpha value is -4.60. The van der Waals surface area contributed by atoms with Crippen LogP contribution in [0.15, 0.2) is 67.3 Å². The third-order valence-electron chi connectivity index (χ3n) is 5.22. The number of nitrogens with one attached hydrogen (secondary N) is 2. The van der Waals surface area contributed by atoms with E-state index in [0.717, 1.165) is 35.4 Å². The standard InChI is InChI=1S/C23H19N7O3/c31-22(19-11-14(8-9-24-19)16-4-7-20(25-12-16)28-23(32)33)27-17-3-1-2-15(10-17)21-29-26-13-30(21)18-5-6-18/h1-4,7-13,18H,5-6H2,(H,25,28)(H,27,31)(H,32,33). The summed E-state index contributed by atoms with van der Waals surface area (Å²) in [6.07, 6.45) is 5.88. The van der Waals surface area contributed by atoms with Crippen molar-refractivity contribution in [3.05, 3.63) is 72.9 Å². The number of hydrogen-bond acceptors (Lipinski definition) is 6. The Balaban J connectivity index is 1.33. The topological polar surface area (TPSA) is 135 Å². The minimum Gasteiger partial charge on any atom is -0.465 e. The molecule has 1 saturated carbocycles. The molecular formula is C23H19N7O3. The monoisotopic (exact) mass is 441 g/mol. The van der Waals surface area contributed by atoms with Gasteiger partial charge in [-0.15, -0.1) is 10.2 Å². The average molecular weight is 441 g/mol. The van der Waals surface area contributed by atoms with Crippen LogP contribution in [-0.4, -0.2) is 41.8 Å². The maximum Gasteiger partial charge on any atom is 0.410 e. The predicted octanol–water partition coefficient (Wildman–Crippen LogP) is 4.08. The number of benzene rings is 1. The number of aromatic nitrogens is 5. The fourth-order valence-electron chi connectivity index (χ4n) is 3.48. The maximum absolute atomic E-state index is 12.9. The first-order chi connectivity index (χ1) is 16.1. The minimum atomic E-state index is -1.19. The second-order valence-electron chi connectivity index (χ2n) is 7.62. The molecule has 164 valence electrons. The molecule has 33 heavy (non-hydrogen) atoms. The molecule has 0 radical (unpaired) electrons. The van der Waals surface area contributed by atoms with Crippen molar-refractivity contribution in [2.75, 3.05) is 10.6 Å². The Morgan fingerprint density at radius 2 is 1.85 bits per heavy atom. The Bertz CT molecular complexity index is 1330. The molecule has 1 aliphatic carbocycles. The number of carbonyl (C=O) groups excluding carboxylic acids is 1. The van der Waals surface area contributed by atoms with E-state index in [1.165, 1.54) is 6.20 Å². The van der Waals surface area contributed by atoms with Crippen LogP contribution in [0.2, 0.25) is 0 Å². The summed E-state index contributed by atoms with van der Waals surface area (Å²) < 4.78 is 2.07. The Kier molecular flexibility index (Phi) is 5.23. The second-order valence-corrected chi connectivity index (χ2v) is 7.62. The van der Waals surface area contributed by atoms with Gasteiger partial charge < -0.3 is 15.0 Å². The van der Waals surface area contributed by atoms with Gasteiger partial charge in [-0.3, -0.25) is 15.1 Å². The van der Waals surface area contributed by atoms with E-state index >= 15 is 0 Å². The van der Waals surface area contributed by atoms with Crippen LogP contribution in [0.4, 0.5) is 16.3 Å². The molecule has 0 aliphatic heterocycles. The quantitative estimate of drug-likeness (QED) is 0.410. The summed E-state index contributed by atoms with van der Waals surface area (Å²) in [6, 6.07) is 14.6. The number of anilines is 2. The highest BCUT2D eigenvalue weighted by Gasteiger charge is 2.26. The van der Waals surface area contributed by atoms with Gasteiger partial charge in [0.15, 0.2) is 5.82 Å². The second kappa shape index (κ2) is 8.50. The number of rotatable bonds is 6. The van der Waals surface area contributed by atoms with Gasteiger partial charge >= 0.3 is 6.09 Å². The first kappa shape index (κ1) is 20.3. The third kappa shape index (κ3) is 4.54. The average Bonchev–Trinajstić information content (AvgIpc) is 3.55. The Morgan fingerprint density at radius 3 is 2.61 bits per heavy atom. The number of carbonyl (C=O) groups is 2. The van der Waals surface area contributed by atoms with Gasteiger partial charge in [-0.05, 0) is 54.8 Å². The van der Waals surface area contributed by atoms with Gasteiger partial charge in [0, 0.05) is 35.2 Å². The molecule has 10 nitrogen and oxygen atoms in total. The van der Waals surface area contributed by atoms with Gasteiger partial charge in [0.2, 0.25) is 0 Å². The van der Waals surface area contributed by atoms with Crippen molar-refractivity contribution < 1.29 is 14.7 Å². The van der Waals surface area contributed by atoms with Gasteiger partial charge in [-0.25, -0.2) is 9.78 Å². The molecule has 0 bridgehead atoms. The molecule has 0 spiro atoms. The van der Waals surface area contributed by atoms with E-state index in [-0.39, 0.29) is 17.4 Å². The van der Waals surface area contributed by atoms with E-state index in [2.05, 4.69) is 35.4 Å². The molecule has 1 aromatic carbocycles. The summed E-state index contributed by atoms with van der Waals surface area (Å²) in [7, 11) is 0. The number of amides is 2. The highest BCUT2D eigenvalue weighted by Crippen LogP contribution is 2.37. The van der Waals surface area contributed by atoms with E-state index < -0.39 is 6.09 Å². The van der Waals surface area contributed by atoms with Crippen LogP contribution < -0.4 is 10.6 Å². The largest absolute Gasteiger partial charge is 0.465 e. The summed E-state index contributed by atoms with van der Waals surface area (Å²) in [6.45, 7) is 0. The van der Waals surface area contributed by atoms with E-state index in [1.807, 2.05) is 18.2 Å². The van der Waals surface area contributed by atoms with Gasteiger partial charge in [0.1, 0.15) is 17.8 Å². The van der Waals surface area contributed by atoms with Crippen molar-refractivity contribution in [1.29, 1.82) is 0 Å². The summed E-state index contributed by atoms with van der Waals surface area (Å²) in [5.41, 5.74) is 3.20. The van der Waals surface area contributed by atoms with Crippen LogP contribution in [0.25, 0.3) is 22.5 Å². The smallest absolute Gasteiger partial charge is 0.410 e. The lowest BCUT2D eigenvalue weighted by molar-refractivity contribution is 0.102. The summed E-state index contributed by atoms with van der Waals surface area (Å²) >= 11 is 0. The van der Waals surface area contributed by atoms with Gasteiger partial charge in [0.05, 0.1) is 0 Å². The van der Waals surface area contributed by atoms with Crippen molar-refractivity contribution in [2.24, 2.45) is 0 Å². The molecule has 0 saturated heterocycles. The minimum absolute atomic E-state index is 0.218. The van der Waals surface area contributed by atoms with Gasteiger partial charge in [0.25, 0.3) is 5.91 Å². The van der Waals surface area contributed by atoms with Crippen LogP contribution >= 0.6 is 0 Å². The molecular weight excluding hydrogens is 422 g/mol. The Morgan fingerprint density at radius 1 is 0.970 bits per heavy atom. The van der Waals surface area contributed by atoms with Crippen molar-refractivity contribution in [3.63, 3.8) is 0 Å². The fraction of sp³-hybridized carbons (Fsp3) is 0.130. The molecule has 1 fully saturated rings. The third-order valence-corrected chi connectivity index (χ3v) is 5.22. The molecule has 4 aromatic rings. The molecule has 3 aromatic heterocycles. The summed E-state index contributed by atoms with van der Waals surface area (Å²) in [5.74, 6) is 0.646. The highest BCUT2D eigenvalue weighted by molar-refractivity contribution is 6.03. The highest BCUT2D eigenvalue weighted by atomic mass is 16.4. The van der Waals surface area contributed by atoms with Crippen LogP contribution in [-0.2, 0) is 0 Å². The molecule has 2 amide bonds. The summed E-state index contributed by atoms with van der Waals surface area (Å²) in [4.78, 5) is 31.8. The fourth-order valence-corrected chi connectivity index (χ4v) is 3.48. The van der Waals surface area contributed by atoms with E-state index in [4.69, 9.17) is 5.11 Å². The van der Waals surface area contributed by atoms with E-state index in [9.17, 15) is 9.59 Å². The molecule has 0 unspecified atom stereocenters. The van der Waals surface area contributed by atoms with Crippen LogP contribution in [0.5, 0.6) is 0 Å². The van der Waals surface area contributed by atoms with Crippen molar-refractivity contribution in [2.45, 2.75) is 18.9 Å². The lowest BCUT2D eigenvalue weighted by Gasteiger charge is -2.09. The number of hydrogen-bond donors (Lipinski definition) is 3. The van der Waals surface area contributed by atoms with Crippen LogP contribution in [0, 0.1) is 0 Å². The van der Waals surface area contributed by atoms with Crippen molar-refractivity contribution in [1.82, 2.24) is 24.7 Å².